The van der Waals surface area contributed by atoms with Crippen LogP contribution in [0.1, 0.15) is 0 Å². The summed E-state index contributed by atoms with van der Waals surface area (Å²) < 4.78 is 5.43. The van der Waals surface area contributed by atoms with E-state index >= 15 is 0 Å². The number of fused-ring (bicyclic) bond motifs is 1. The molecule has 0 saturated carbocycles. The van der Waals surface area contributed by atoms with E-state index in [1.165, 1.54) is 0 Å². The Morgan fingerprint density at radius 3 is 3.05 bits per heavy atom. The Labute approximate surface area is 109 Å². The van der Waals surface area contributed by atoms with Gasteiger partial charge in [-0.1, -0.05) is 0 Å². The Morgan fingerprint density at radius 2 is 2.21 bits per heavy atom. The molecule has 0 aliphatic carbocycles. The number of rotatable bonds is 2. The van der Waals surface area contributed by atoms with Gasteiger partial charge in [-0.15, -0.1) is 0 Å². The second kappa shape index (κ2) is 4.77. The summed E-state index contributed by atoms with van der Waals surface area (Å²) in [5, 5.41) is 7.46. The van der Waals surface area contributed by atoms with Crippen molar-refractivity contribution in [1.82, 2.24) is 15.0 Å². The molecule has 3 N–H and O–H groups in total. The van der Waals surface area contributed by atoms with E-state index in [0.717, 1.165) is 17.9 Å². The number of nitrogens with zero attached hydrogens (tertiary/aromatic N) is 4. The lowest BCUT2D eigenvalue weighted by Crippen LogP contribution is -2.48. The molecule has 0 spiro atoms. The van der Waals surface area contributed by atoms with Gasteiger partial charge in [0.1, 0.15) is 23.3 Å². The van der Waals surface area contributed by atoms with Gasteiger partial charge in [-0.25, -0.2) is 9.97 Å². The van der Waals surface area contributed by atoms with Gasteiger partial charge < -0.3 is 15.4 Å². The Bertz CT molecular complexity index is 616. The second-order valence-electron chi connectivity index (χ2n) is 4.33. The molecule has 3 heterocycles. The van der Waals surface area contributed by atoms with E-state index < -0.39 is 0 Å². The van der Waals surface area contributed by atoms with Crippen LogP contribution >= 0.6 is 0 Å². The summed E-state index contributed by atoms with van der Waals surface area (Å²) in [4.78, 5) is 14.9. The lowest BCUT2D eigenvalue weighted by atomic mass is 10.2. The molecule has 1 unspecified atom stereocenters. The average molecular weight is 258 g/mol. The minimum absolute atomic E-state index is 0.0466. The van der Waals surface area contributed by atoms with Crippen LogP contribution in [0.25, 0.3) is 11.2 Å². The molecule has 19 heavy (non-hydrogen) atoms. The summed E-state index contributed by atoms with van der Waals surface area (Å²) in [6.45, 7) is 1.79. The van der Waals surface area contributed by atoms with Gasteiger partial charge in [0.15, 0.2) is 5.65 Å². The van der Waals surface area contributed by atoms with Crippen LogP contribution in [0, 0.1) is 5.41 Å². The summed E-state index contributed by atoms with van der Waals surface area (Å²) in [5.74, 6) is 0.854. The van der Waals surface area contributed by atoms with Gasteiger partial charge in [-0.3, -0.25) is 10.4 Å². The summed E-state index contributed by atoms with van der Waals surface area (Å²) >= 11 is 0. The maximum absolute atomic E-state index is 7.46. The molecule has 98 valence electrons. The number of nitrogens with one attached hydrogen (secondary N) is 1. The molecule has 7 nitrogen and oxygen atoms in total. The largest absolute Gasteiger partial charge is 0.385 e. The molecule has 2 aromatic rings. The van der Waals surface area contributed by atoms with Crippen LogP contribution in [-0.4, -0.2) is 46.6 Å². The van der Waals surface area contributed by atoms with Gasteiger partial charge in [0.05, 0.1) is 13.2 Å². The van der Waals surface area contributed by atoms with Crippen molar-refractivity contribution in [3.05, 3.63) is 24.5 Å². The second-order valence-corrected chi connectivity index (χ2v) is 4.33. The zero-order chi connectivity index (χ0) is 13.2. The first kappa shape index (κ1) is 11.8. The summed E-state index contributed by atoms with van der Waals surface area (Å²) in [7, 11) is 0. The van der Waals surface area contributed by atoms with Gasteiger partial charge in [0.2, 0.25) is 0 Å². The quantitative estimate of drug-likeness (QED) is 0.588. The SMILES string of the molecule is N=C(N)C1CN(c2ccc3nccnc3n2)CCO1. The van der Waals surface area contributed by atoms with Crippen LogP contribution in [-0.2, 0) is 4.74 Å². The monoisotopic (exact) mass is 258 g/mol. The highest BCUT2D eigenvalue weighted by molar-refractivity contribution is 5.82. The first-order chi connectivity index (χ1) is 9.24. The lowest BCUT2D eigenvalue weighted by Gasteiger charge is -2.33. The van der Waals surface area contributed by atoms with Crippen molar-refractivity contribution < 1.29 is 4.74 Å². The highest BCUT2D eigenvalue weighted by Gasteiger charge is 2.23. The van der Waals surface area contributed by atoms with Gasteiger partial charge in [-0.2, -0.15) is 0 Å². The molecule has 3 rings (SSSR count). The van der Waals surface area contributed by atoms with E-state index in [0.29, 0.717) is 18.8 Å². The molecule has 1 aliphatic heterocycles. The molecule has 7 heteroatoms. The van der Waals surface area contributed by atoms with Crippen molar-refractivity contribution in [2.24, 2.45) is 5.73 Å². The summed E-state index contributed by atoms with van der Waals surface area (Å²) in [6, 6.07) is 3.79. The first-order valence-corrected chi connectivity index (χ1v) is 6.02. The Balaban J connectivity index is 1.89. The predicted molar refractivity (Wildman–Crippen MR) is 71.2 cm³/mol. The highest BCUT2D eigenvalue weighted by Crippen LogP contribution is 2.17. The molecule has 0 aromatic carbocycles. The maximum Gasteiger partial charge on any atom is 0.180 e. The zero-order valence-corrected chi connectivity index (χ0v) is 10.3. The van der Waals surface area contributed by atoms with Gasteiger partial charge in [0.25, 0.3) is 0 Å². The van der Waals surface area contributed by atoms with Crippen molar-refractivity contribution in [1.29, 1.82) is 5.41 Å². The number of aromatic nitrogens is 3. The van der Waals surface area contributed by atoms with Crippen molar-refractivity contribution in [3.8, 4) is 0 Å². The van der Waals surface area contributed by atoms with Crippen LogP contribution in [0.4, 0.5) is 5.82 Å². The Hall–Kier alpha value is -2.28. The van der Waals surface area contributed by atoms with E-state index in [1.54, 1.807) is 12.4 Å². The number of anilines is 1. The topological polar surface area (TPSA) is 101 Å². The minimum atomic E-state index is -0.367. The van der Waals surface area contributed by atoms with Crippen molar-refractivity contribution in [2.45, 2.75) is 6.10 Å². The third kappa shape index (κ3) is 2.32. The number of amidine groups is 1. The average Bonchev–Trinajstić information content (AvgIpc) is 2.47. The standard InChI is InChI=1S/C12H14N6O/c13-11(14)9-7-18(5-6-19-9)10-2-1-8-12(17-10)16-4-3-15-8/h1-4,9H,5-7H2,(H3,13,14). The number of morpholine rings is 1. The van der Waals surface area contributed by atoms with Crippen LogP contribution in [0.2, 0.25) is 0 Å². The van der Waals surface area contributed by atoms with Crippen LogP contribution in [0.15, 0.2) is 24.5 Å². The van der Waals surface area contributed by atoms with Crippen molar-refractivity contribution in [3.63, 3.8) is 0 Å². The van der Waals surface area contributed by atoms with E-state index in [1.807, 2.05) is 17.0 Å². The molecule has 1 aliphatic rings. The van der Waals surface area contributed by atoms with Crippen LogP contribution in [0.5, 0.6) is 0 Å². The van der Waals surface area contributed by atoms with Crippen molar-refractivity contribution in [2.75, 3.05) is 24.6 Å². The van der Waals surface area contributed by atoms with Gasteiger partial charge in [0, 0.05) is 18.9 Å². The normalized spacial score (nSPS) is 19.6. The minimum Gasteiger partial charge on any atom is -0.385 e. The fraction of sp³-hybridized carbons (Fsp3) is 0.333. The fourth-order valence-corrected chi connectivity index (χ4v) is 2.07. The third-order valence-corrected chi connectivity index (χ3v) is 3.05. The summed E-state index contributed by atoms with van der Waals surface area (Å²) in [5.41, 5.74) is 6.87. The van der Waals surface area contributed by atoms with E-state index in [9.17, 15) is 0 Å². The molecule has 1 atom stereocenters. The lowest BCUT2D eigenvalue weighted by molar-refractivity contribution is 0.0823. The first-order valence-electron chi connectivity index (χ1n) is 6.02. The molecule has 2 aromatic heterocycles. The zero-order valence-electron chi connectivity index (χ0n) is 10.3. The molecule has 0 amide bonds. The number of hydrogen-bond acceptors (Lipinski definition) is 6. The third-order valence-electron chi connectivity index (χ3n) is 3.05. The highest BCUT2D eigenvalue weighted by atomic mass is 16.5. The van der Waals surface area contributed by atoms with Crippen LogP contribution in [0.3, 0.4) is 0 Å². The van der Waals surface area contributed by atoms with E-state index in [-0.39, 0.29) is 11.9 Å². The van der Waals surface area contributed by atoms with E-state index in [2.05, 4.69) is 15.0 Å². The van der Waals surface area contributed by atoms with Crippen molar-refractivity contribution >= 4 is 22.8 Å². The number of ether oxygens (including phenoxy) is 1. The molecular weight excluding hydrogens is 244 g/mol. The molecule has 0 bridgehead atoms. The van der Waals surface area contributed by atoms with Gasteiger partial charge in [-0.05, 0) is 12.1 Å². The smallest absolute Gasteiger partial charge is 0.180 e. The fourth-order valence-electron chi connectivity index (χ4n) is 2.07. The van der Waals surface area contributed by atoms with Gasteiger partial charge >= 0.3 is 0 Å². The molecular formula is C12H14N6O. The molecule has 0 radical (unpaired) electrons. The molecule has 1 saturated heterocycles. The maximum atomic E-state index is 7.46. The number of pyridine rings is 1. The Kier molecular flexibility index (Phi) is 2.96. The Morgan fingerprint density at radius 1 is 1.37 bits per heavy atom. The summed E-state index contributed by atoms with van der Waals surface area (Å²) in [6.07, 6.45) is 2.90. The number of hydrogen-bond donors (Lipinski definition) is 2. The van der Waals surface area contributed by atoms with E-state index in [4.69, 9.17) is 15.9 Å². The van der Waals surface area contributed by atoms with Crippen LogP contribution < -0.4 is 10.6 Å². The number of nitrogens with two attached hydrogens (primary N) is 1. The predicted octanol–water partition coefficient (Wildman–Crippen LogP) is 0.166. The molecule has 1 fully saturated rings.